The van der Waals surface area contributed by atoms with Gasteiger partial charge in [0.15, 0.2) is 5.95 Å². The van der Waals surface area contributed by atoms with Crippen molar-refractivity contribution in [2.24, 2.45) is 0 Å². The molecule has 0 unspecified atom stereocenters. The van der Waals surface area contributed by atoms with Gasteiger partial charge in [-0.05, 0) is 6.92 Å². The second-order valence-electron chi connectivity index (χ2n) is 2.29. The van der Waals surface area contributed by atoms with E-state index in [1.54, 1.807) is 13.3 Å². The maximum atomic E-state index is 5.58. The van der Waals surface area contributed by atoms with Crippen LogP contribution in [-0.2, 0) is 17.9 Å². The van der Waals surface area contributed by atoms with Crippen molar-refractivity contribution in [3.05, 3.63) is 11.9 Å². The molecule has 0 fully saturated rings. The first-order valence-corrected chi connectivity index (χ1v) is 3.58. The van der Waals surface area contributed by atoms with Crippen molar-refractivity contribution in [3.63, 3.8) is 0 Å². The van der Waals surface area contributed by atoms with Crippen LogP contribution in [0.25, 0.3) is 0 Å². The fourth-order valence-electron chi connectivity index (χ4n) is 1.06. The lowest BCUT2D eigenvalue weighted by atomic mass is 10.5. The third kappa shape index (κ3) is 1.51. The Balaban J connectivity index is 2.86. The molecule has 0 aliphatic heterocycles. The standard InChI is InChI=1S/C7H13N3O/c1-3-10-6(5-11-2)4-9-7(10)8/h4H,3,5H2,1-2H3,(H2,8,9). The van der Waals surface area contributed by atoms with E-state index >= 15 is 0 Å². The van der Waals surface area contributed by atoms with Crippen LogP contribution in [0.15, 0.2) is 6.20 Å². The Bertz CT molecular complexity index is 232. The van der Waals surface area contributed by atoms with Crippen LogP contribution in [0.3, 0.4) is 0 Å². The Morgan fingerprint density at radius 3 is 3.00 bits per heavy atom. The second kappa shape index (κ2) is 3.39. The number of hydrogen-bond donors (Lipinski definition) is 1. The van der Waals surface area contributed by atoms with Gasteiger partial charge in [-0.15, -0.1) is 0 Å². The van der Waals surface area contributed by atoms with Crippen molar-refractivity contribution in [3.8, 4) is 0 Å². The molecule has 4 heteroatoms. The molecule has 1 heterocycles. The van der Waals surface area contributed by atoms with Crippen LogP contribution in [0, 0.1) is 0 Å². The predicted molar refractivity (Wildman–Crippen MR) is 43.0 cm³/mol. The highest BCUT2D eigenvalue weighted by molar-refractivity contribution is 5.22. The third-order valence-corrected chi connectivity index (χ3v) is 1.58. The third-order valence-electron chi connectivity index (χ3n) is 1.58. The summed E-state index contributed by atoms with van der Waals surface area (Å²) in [5.74, 6) is 0.555. The van der Waals surface area contributed by atoms with E-state index in [1.165, 1.54) is 0 Å². The number of aromatic nitrogens is 2. The zero-order chi connectivity index (χ0) is 8.27. The number of hydrogen-bond acceptors (Lipinski definition) is 3. The Morgan fingerprint density at radius 1 is 1.73 bits per heavy atom. The number of nitrogens with two attached hydrogens (primary N) is 1. The first-order valence-electron chi connectivity index (χ1n) is 3.58. The average molecular weight is 155 g/mol. The number of nitrogen functional groups attached to an aromatic ring is 1. The summed E-state index contributed by atoms with van der Waals surface area (Å²) in [6, 6.07) is 0. The molecule has 0 atom stereocenters. The minimum atomic E-state index is 0.555. The van der Waals surface area contributed by atoms with Crippen molar-refractivity contribution in [2.45, 2.75) is 20.1 Å². The van der Waals surface area contributed by atoms with Crippen LogP contribution in [0.1, 0.15) is 12.6 Å². The summed E-state index contributed by atoms with van der Waals surface area (Å²) in [6.45, 7) is 3.43. The highest BCUT2D eigenvalue weighted by Gasteiger charge is 2.03. The van der Waals surface area contributed by atoms with E-state index in [2.05, 4.69) is 4.98 Å². The molecule has 0 radical (unpaired) electrons. The van der Waals surface area contributed by atoms with Gasteiger partial charge in [-0.3, -0.25) is 0 Å². The molecule has 0 amide bonds. The summed E-state index contributed by atoms with van der Waals surface area (Å²) in [5.41, 5.74) is 6.60. The fraction of sp³-hybridized carbons (Fsp3) is 0.571. The average Bonchev–Trinajstić information content (AvgIpc) is 2.33. The Hall–Kier alpha value is -1.03. The van der Waals surface area contributed by atoms with Crippen molar-refractivity contribution in [2.75, 3.05) is 12.8 Å². The lowest BCUT2D eigenvalue weighted by Crippen LogP contribution is -2.05. The molecule has 0 aliphatic carbocycles. The van der Waals surface area contributed by atoms with E-state index in [0.717, 1.165) is 12.2 Å². The number of rotatable bonds is 3. The highest BCUT2D eigenvalue weighted by Crippen LogP contribution is 2.07. The minimum absolute atomic E-state index is 0.555. The number of methoxy groups -OCH3 is 1. The molecule has 0 saturated carbocycles. The van der Waals surface area contributed by atoms with Crippen LogP contribution < -0.4 is 5.73 Å². The van der Waals surface area contributed by atoms with Gasteiger partial charge in [-0.2, -0.15) is 0 Å². The molecule has 0 spiro atoms. The molecule has 1 rings (SSSR count). The number of anilines is 1. The van der Waals surface area contributed by atoms with Gasteiger partial charge in [-0.25, -0.2) is 4.98 Å². The smallest absolute Gasteiger partial charge is 0.200 e. The molecule has 62 valence electrons. The molecule has 1 aromatic rings. The molecule has 11 heavy (non-hydrogen) atoms. The summed E-state index contributed by atoms with van der Waals surface area (Å²) in [6.07, 6.45) is 1.74. The van der Waals surface area contributed by atoms with Gasteiger partial charge in [-0.1, -0.05) is 0 Å². The van der Waals surface area contributed by atoms with Gasteiger partial charge in [0.1, 0.15) is 0 Å². The van der Waals surface area contributed by atoms with Crippen molar-refractivity contribution < 1.29 is 4.74 Å². The Kier molecular flexibility index (Phi) is 2.48. The first kappa shape index (κ1) is 8.07. The lowest BCUT2D eigenvalue weighted by molar-refractivity contribution is 0.178. The lowest BCUT2D eigenvalue weighted by Gasteiger charge is -2.04. The van der Waals surface area contributed by atoms with Gasteiger partial charge in [0, 0.05) is 13.7 Å². The number of nitrogens with zero attached hydrogens (tertiary/aromatic N) is 2. The summed E-state index contributed by atoms with van der Waals surface area (Å²) in [4.78, 5) is 3.97. The van der Waals surface area contributed by atoms with E-state index < -0.39 is 0 Å². The minimum Gasteiger partial charge on any atom is -0.378 e. The van der Waals surface area contributed by atoms with Gasteiger partial charge < -0.3 is 15.0 Å². The van der Waals surface area contributed by atoms with Gasteiger partial charge in [0.05, 0.1) is 18.5 Å². The largest absolute Gasteiger partial charge is 0.378 e. The topological polar surface area (TPSA) is 53.1 Å². The zero-order valence-electron chi connectivity index (χ0n) is 6.87. The maximum absolute atomic E-state index is 5.58. The number of ether oxygens (including phenoxy) is 1. The Morgan fingerprint density at radius 2 is 2.45 bits per heavy atom. The van der Waals surface area contributed by atoms with Crippen LogP contribution in [0.2, 0.25) is 0 Å². The van der Waals surface area contributed by atoms with Gasteiger partial charge in [0.2, 0.25) is 0 Å². The molecular weight excluding hydrogens is 142 g/mol. The summed E-state index contributed by atoms with van der Waals surface area (Å²) in [5, 5.41) is 0. The van der Waals surface area contributed by atoms with E-state index in [9.17, 15) is 0 Å². The summed E-state index contributed by atoms with van der Waals surface area (Å²) >= 11 is 0. The second-order valence-corrected chi connectivity index (χ2v) is 2.29. The molecule has 4 nitrogen and oxygen atoms in total. The molecule has 0 bridgehead atoms. The predicted octanol–water partition coefficient (Wildman–Crippen LogP) is 0.632. The summed E-state index contributed by atoms with van der Waals surface area (Å²) < 4.78 is 6.89. The van der Waals surface area contributed by atoms with E-state index in [-0.39, 0.29) is 0 Å². The van der Waals surface area contributed by atoms with E-state index in [0.29, 0.717) is 12.6 Å². The number of imidazole rings is 1. The molecule has 0 saturated heterocycles. The molecule has 0 aromatic carbocycles. The van der Waals surface area contributed by atoms with Crippen molar-refractivity contribution in [1.29, 1.82) is 0 Å². The molecular formula is C7H13N3O. The van der Waals surface area contributed by atoms with Crippen LogP contribution in [0.4, 0.5) is 5.95 Å². The summed E-state index contributed by atoms with van der Waals surface area (Å²) in [7, 11) is 1.66. The normalized spacial score (nSPS) is 10.4. The van der Waals surface area contributed by atoms with E-state index in [1.807, 2.05) is 11.5 Å². The highest BCUT2D eigenvalue weighted by atomic mass is 16.5. The first-order chi connectivity index (χ1) is 5.29. The van der Waals surface area contributed by atoms with Gasteiger partial charge in [0.25, 0.3) is 0 Å². The van der Waals surface area contributed by atoms with Crippen LogP contribution in [0.5, 0.6) is 0 Å². The fourth-order valence-corrected chi connectivity index (χ4v) is 1.06. The van der Waals surface area contributed by atoms with Crippen molar-refractivity contribution >= 4 is 5.95 Å². The maximum Gasteiger partial charge on any atom is 0.200 e. The monoisotopic (exact) mass is 155 g/mol. The molecule has 1 aromatic heterocycles. The SMILES string of the molecule is CCn1c(COC)cnc1N. The van der Waals surface area contributed by atoms with Crippen molar-refractivity contribution in [1.82, 2.24) is 9.55 Å². The quantitative estimate of drug-likeness (QED) is 0.696. The zero-order valence-corrected chi connectivity index (χ0v) is 6.87. The van der Waals surface area contributed by atoms with Crippen LogP contribution >= 0.6 is 0 Å². The Labute approximate surface area is 66.0 Å². The van der Waals surface area contributed by atoms with E-state index in [4.69, 9.17) is 10.5 Å². The van der Waals surface area contributed by atoms with Crippen LogP contribution in [-0.4, -0.2) is 16.7 Å². The molecule has 2 N–H and O–H groups in total. The molecule has 0 aliphatic rings. The van der Waals surface area contributed by atoms with Gasteiger partial charge >= 0.3 is 0 Å².